The fourth-order valence-corrected chi connectivity index (χ4v) is 4.79. The van der Waals surface area contributed by atoms with Crippen molar-refractivity contribution in [2.75, 3.05) is 38.1 Å². The molecule has 31 heavy (non-hydrogen) atoms. The van der Waals surface area contributed by atoms with Gasteiger partial charge in [-0.05, 0) is 50.2 Å². The molecule has 1 atom stereocenters. The number of nitrogens with zero attached hydrogens (tertiary/aromatic N) is 2. The maximum atomic E-state index is 13.8. The van der Waals surface area contributed by atoms with Crippen LogP contribution in [0.4, 0.5) is 14.5 Å². The Kier molecular flexibility index (Phi) is 7.24. The van der Waals surface area contributed by atoms with Crippen LogP contribution in [0.25, 0.3) is 0 Å². The number of rotatable bonds is 7. The highest BCUT2D eigenvalue weighted by atomic mass is 32.2. The second-order valence-corrected chi connectivity index (χ2v) is 9.04. The molecule has 1 fully saturated rings. The molecule has 1 heterocycles. The molecule has 3 rings (SSSR count). The summed E-state index contributed by atoms with van der Waals surface area (Å²) in [5.41, 5.74) is -0.490. The average molecular weight is 454 g/mol. The van der Waals surface area contributed by atoms with E-state index in [2.05, 4.69) is 5.32 Å². The molecule has 0 aliphatic carbocycles. The first-order valence-corrected chi connectivity index (χ1v) is 11.4. The number of sulfonamides is 1. The number of amides is 1. The normalized spacial score (nSPS) is 16.6. The number of hydrogen-bond acceptors (Lipinski definition) is 5. The molecule has 2 aromatic rings. The van der Waals surface area contributed by atoms with Crippen molar-refractivity contribution in [1.29, 1.82) is 0 Å². The van der Waals surface area contributed by atoms with Gasteiger partial charge < -0.3 is 10.1 Å². The molecule has 7 nitrogen and oxygen atoms in total. The van der Waals surface area contributed by atoms with Crippen molar-refractivity contribution in [2.24, 2.45) is 0 Å². The zero-order valence-electron chi connectivity index (χ0n) is 17.3. The van der Waals surface area contributed by atoms with Gasteiger partial charge >= 0.3 is 0 Å². The second-order valence-electron chi connectivity index (χ2n) is 7.11. The minimum Gasteiger partial charge on any atom is -0.494 e. The van der Waals surface area contributed by atoms with Gasteiger partial charge in [-0.1, -0.05) is 6.07 Å². The molecule has 1 aliphatic rings. The van der Waals surface area contributed by atoms with Crippen LogP contribution in [0.3, 0.4) is 0 Å². The van der Waals surface area contributed by atoms with Gasteiger partial charge in [-0.3, -0.25) is 9.69 Å². The quantitative estimate of drug-likeness (QED) is 0.698. The molecule has 0 aromatic heterocycles. The molecule has 10 heteroatoms. The van der Waals surface area contributed by atoms with E-state index in [-0.39, 0.29) is 18.0 Å². The van der Waals surface area contributed by atoms with Crippen molar-refractivity contribution >= 4 is 21.6 Å². The van der Waals surface area contributed by atoms with E-state index in [1.165, 1.54) is 22.5 Å². The van der Waals surface area contributed by atoms with Crippen LogP contribution in [0, 0.1) is 11.6 Å². The number of piperazine rings is 1. The van der Waals surface area contributed by atoms with E-state index < -0.39 is 39.3 Å². The number of carbonyl (C=O) groups excluding carboxylic acids is 1. The second kappa shape index (κ2) is 9.71. The molecule has 0 bridgehead atoms. The lowest BCUT2D eigenvalue weighted by Crippen LogP contribution is -2.54. The first-order valence-electron chi connectivity index (χ1n) is 9.96. The summed E-state index contributed by atoms with van der Waals surface area (Å²) in [4.78, 5) is 14.4. The van der Waals surface area contributed by atoms with Crippen LogP contribution in [0.15, 0.2) is 47.4 Å². The summed E-state index contributed by atoms with van der Waals surface area (Å²) < 4.78 is 60.0. The molecule has 1 unspecified atom stereocenters. The van der Waals surface area contributed by atoms with Gasteiger partial charge in [0.25, 0.3) is 0 Å². The molecule has 168 valence electrons. The van der Waals surface area contributed by atoms with E-state index in [9.17, 15) is 22.0 Å². The lowest BCUT2D eigenvalue weighted by molar-refractivity contribution is -0.121. The molecule has 1 aliphatic heterocycles. The van der Waals surface area contributed by atoms with E-state index in [4.69, 9.17) is 4.74 Å². The predicted molar refractivity (Wildman–Crippen MR) is 112 cm³/mol. The standard InChI is InChI=1S/C21H25F2N3O4S/c1-3-30-16-7-9-17(10-8-16)31(28,29)26-13-11-25(12-14-26)15(2)21(27)24-20-18(22)5-4-6-19(20)23/h4-10,15H,3,11-14H2,1-2H3,(H,24,27). The number of ether oxygens (including phenoxy) is 1. The molecule has 0 spiro atoms. The van der Waals surface area contributed by atoms with Crippen molar-refractivity contribution < 1.29 is 26.7 Å². The van der Waals surface area contributed by atoms with Crippen molar-refractivity contribution in [3.05, 3.63) is 54.1 Å². The Morgan fingerprint density at radius 1 is 1.06 bits per heavy atom. The van der Waals surface area contributed by atoms with Crippen LogP contribution >= 0.6 is 0 Å². The van der Waals surface area contributed by atoms with Gasteiger partial charge in [-0.2, -0.15) is 4.31 Å². The highest BCUT2D eigenvalue weighted by Crippen LogP contribution is 2.22. The minimum atomic E-state index is -3.67. The number of nitrogens with one attached hydrogen (secondary N) is 1. The summed E-state index contributed by atoms with van der Waals surface area (Å²) in [5.74, 6) is -1.68. The molecular weight excluding hydrogens is 428 g/mol. The minimum absolute atomic E-state index is 0.172. The van der Waals surface area contributed by atoms with Crippen molar-refractivity contribution in [3.8, 4) is 5.75 Å². The topological polar surface area (TPSA) is 79.0 Å². The summed E-state index contributed by atoms with van der Waals surface area (Å²) >= 11 is 0. The van der Waals surface area contributed by atoms with Gasteiger partial charge in [0.05, 0.1) is 17.5 Å². The van der Waals surface area contributed by atoms with Crippen molar-refractivity contribution in [3.63, 3.8) is 0 Å². The number of para-hydroxylation sites is 1. The number of halogens is 2. The van der Waals surface area contributed by atoms with E-state index >= 15 is 0 Å². The molecule has 2 aromatic carbocycles. The van der Waals surface area contributed by atoms with Gasteiger partial charge in [0.15, 0.2) is 0 Å². The highest BCUT2D eigenvalue weighted by Gasteiger charge is 2.32. The number of carbonyl (C=O) groups is 1. The largest absolute Gasteiger partial charge is 0.494 e. The number of hydrogen-bond donors (Lipinski definition) is 1. The maximum Gasteiger partial charge on any atom is 0.243 e. The summed E-state index contributed by atoms with van der Waals surface area (Å²) in [5, 5.41) is 2.28. The first-order chi connectivity index (χ1) is 14.7. The van der Waals surface area contributed by atoms with Crippen LogP contribution in [0.5, 0.6) is 5.75 Å². The third-order valence-corrected chi connectivity index (χ3v) is 7.10. The molecule has 1 N–H and O–H groups in total. The van der Waals surface area contributed by atoms with E-state index in [1.54, 1.807) is 24.0 Å². The van der Waals surface area contributed by atoms with Crippen LogP contribution in [-0.2, 0) is 14.8 Å². The Hall–Kier alpha value is -2.56. The van der Waals surface area contributed by atoms with Crippen LogP contribution in [-0.4, -0.2) is 62.4 Å². The van der Waals surface area contributed by atoms with Gasteiger partial charge in [-0.15, -0.1) is 0 Å². The third kappa shape index (κ3) is 5.20. The molecule has 0 saturated carbocycles. The fourth-order valence-electron chi connectivity index (χ4n) is 3.37. The Morgan fingerprint density at radius 3 is 2.19 bits per heavy atom. The predicted octanol–water partition coefficient (Wildman–Crippen LogP) is 2.70. The molecule has 1 amide bonds. The molecule has 0 radical (unpaired) electrons. The van der Waals surface area contributed by atoms with E-state index in [0.717, 1.165) is 12.1 Å². The summed E-state index contributed by atoms with van der Waals surface area (Å²) in [6, 6.07) is 8.89. The maximum absolute atomic E-state index is 13.8. The van der Waals surface area contributed by atoms with Gasteiger partial charge in [0.2, 0.25) is 15.9 Å². The smallest absolute Gasteiger partial charge is 0.243 e. The monoisotopic (exact) mass is 453 g/mol. The van der Waals surface area contributed by atoms with Gasteiger partial charge in [-0.25, -0.2) is 17.2 Å². The zero-order chi connectivity index (χ0) is 22.6. The van der Waals surface area contributed by atoms with E-state index in [1.807, 2.05) is 6.92 Å². The van der Waals surface area contributed by atoms with Crippen LogP contribution in [0.1, 0.15) is 13.8 Å². The van der Waals surface area contributed by atoms with E-state index in [0.29, 0.717) is 25.4 Å². The van der Waals surface area contributed by atoms with Crippen molar-refractivity contribution in [2.45, 2.75) is 24.8 Å². The summed E-state index contributed by atoms with van der Waals surface area (Å²) in [7, 11) is -3.67. The van der Waals surface area contributed by atoms with Gasteiger partial charge in [0, 0.05) is 26.2 Å². The third-order valence-electron chi connectivity index (χ3n) is 5.18. The van der Waals surface area contributed by atoms with Crippen LogP contribution in [0.2, 0.25) is 0 Å². The Bertz CT molecular complexity index is 1000. The molecular formula is C21H25F2N3O4S. The van der Waals surface area contributed by atoms with Crippen LogP contribution < -0.4 is 10.1 Å². The Morgan fingerprint density at radius 2 is 1.65 bits per heavy atom. The highest BCUT2D eigenvalue weighted by molar-refractivity contribution is 7.89. The average Bonchev–Trinajstić information content (AvgIpc) is 2.76. The zero-order valence-corrected chi connectivity index (χ0v) is 18.2. The Labute approximate surface area is 180 Å². The fraction of sp³-hybridized carbons (Fsp3) is 0.381. The lowest BCUT2D eigenvalue weighted by atomic mass is 10.2. The lowest BCUT2D eigenvalue weighted by Gasteiger charge is -2.36. The molecule has 1 saturated heterocycles. The SMILES string of the molecule is CCOc1ccc(S(=O)(=O)N2CCN(C(C)C(=O)Nc3c(F)cccc3F)CC2)cc1. The first kappa shape index (κ1) is 23.1. The Balaban J connectivity index is 1.61. The van der Waals surface area contributed by atoms with Crippen molar-refractivity contribution in [1.82, 2.24) is 9.21 Å². The summed E-state index contributed by atoms with van der Waals surface area (Å²) in [6.07, 6.45) is 0. The number of benzene rings is 2. The number of anilines is 1. The van der Waals surface area contributed by atoms with Gasteiger partial charge in [0.1, 0.15) is 23.1 Å². The summed E-state index contributed by atoms with van der Waals surface area (Å²) in [6.45, 7) is 4.96.